The molecule has 1 aliphatic rings. The Hall–Kier alpha value is -2.03. The molecule has 28 heavy (non-hydrogen) atoms. The highest BCUT2D eigenvalue weighted by Gasteiger charge is 2.27. The zero-order valence-electron chi connectivity index (χ0n) is 15.3. The van der Waals surface area contributed by atoms with E-state index in [2.05, 4.69) is 15.9 Å². The Morgan fingerprint density at radius 2 is 1.50 bits per heavy atom. The van der Waals surface area contributed by atoms with Crippen molar-refractivity contribution in [1.29, 1.82) is 0 Å². The molecule has 2 aromatic carbocycles. The summed E-state index contributed by atoms with van der Waals surface area (Å²) in [5.74, 6) is -0.989. The minimum absolute atomic E-state index is 0.143. The van der Waals surface area contributed by atoms with E-state index in [1.54, 1.807) is 24.3 Å². The number of sulfonamides is 1. The van der Waals surface area contributed by atoms with Crippen LogP contribution < -0.4 is 0 Å². The molecule has 3 rings (SSSR count). The lowest BCUT2D eigenvalue weighted by Crippen LogP contribution is -2.28. The first kappa shape index (κ1) is 20.7. The Morgan fingerprint density at radius 3 is 2.07 bits per heavy atom. The Kier molecular flexibility index (Phi) is 6.32. The predicted octanol–water partition coefficient (Wildman–Crippen LogP) is 3.66. The number of hydrogen-bond acceptors (Lipinski definition) is 5. The smallest absolute Gasteiger partial charge is 0.338 e. The molecular formula is C20H20BrNO5S. The predicted molar refractivity (Wildman–Crippen MR) is 108 cm³/mol. The number of esters is 1. The number of carbonyl (C=O) groups is 2. The summed E-state index contributed by atoms with van der Waals surface area (Å²) in [7, 11) is -3.53. The van der Waals surface area contributed by atoms with Gasteiger partial charge in [0.2, 0.25) is 15.8 Å². The summed E-state index contributed by atoms with van der Waals surface area (Å²) in [6, 6.07) is 12.4. The summed E-state index contributed by atoms with van der Waals surface area (Å²) < 4.78 is 32.6. The zero-order chi connectivity index (χ0) is 20.3. The molecule has 6 nitrogen and oxygen atoms in total. The quantitative estimate of drug-likeness (QED) is 0.480. The number of benzene rings is 2. The molecule has 8 heteroatoms. The van der Waals surface area contributed by atoms with Crippen molar-refractivity contribution >= 4 is 37.7 Å². The third kappa shape index (κ3) is 4.51. The number of rotatable bonds is 6. The minimum atomic E-state index is -3.53. The largest absolute Gasteiger partial charge is 0.451 e. The summed E-state index contributed by atoms with van der Waals surface area (Å²) in [4.78, 5) is 24.8. The van der Waals surface area contributed by atoms with Gasteiger partial charge in [0.05, 0.1) is 10.5 Å². The average molecular weight is 466 g/mol. The van der Waals surface area contributed by atoms with Crippen molar-refractivity contribution in [3.05, 3.63) is 64.1 Å². The van der Waals surface area contributed by atoms with Crippen molar-refractivity contribution in [2.24, 2.45) is 0 Å². The molecule has 0 N–H and O–H groups in total. The van der Waals surface area contributed by atoms with Crippen LogP contribution in [-0.4, -0.2) is 43.7 Å². The molecule has 0 amide bonds. The monoisotopic (exact) mass is 465 g/mol. The molecule has 1 saturated heterocycles. The van der Waals surface area contributed by atoms with Crippen LogP contribution in [0.3, 0.4) is 0 Å². The van der Waals surface area contributed by atoms with E-state index in [4.69, 9.17) is 4.74 Å². The van der Waals surface area contributed by atoms with Gasteiger partial charge in [0.1, 0.15) is 0 Å². The zero-order valence-corrected chi connectivity index (χ0v) is 17.7. The molecule has 0 spiro atoms. The molecule has 1 heterocycles. The van der Waals surface area contributed by atoms with E-state index in [-0.39, 0.29) is 16.2 Å². The fraction of sp³-hybridized carbons (Fsp3) is 0.300. The topological polar surface area (TPSA) is 80.8 Å². The Morgan fingerprint density at radius 1 is 0.964 bits per heavy atom. The van der Waals surface area contributed by atoms with E-state index in [1.807, 2.05) is 0 Å². The lowest BCUT2D eigenvalue weighted by molar-refractivity contribution is 0.0318. The minimum Gasteiger partial charge on any atom is -0.451 e. The molecule has 1 atom stereocenters. The van der Waals surface area contributed by atoms with Crippen LogP contribution in [0.5, 0.6) is 0 Å². The highest BCUT2D eigenvalue weighted by molar-refractivity contribution is 9.10. The number of ketones is 1. The van der Waals surface area contributed by atoms with Crippen LogP contribution >= 0.6 is 15.9 Å². The summed E-state index contributed by atoms with van der Waals surface area (Å²) in [5, 5.41) is 0. The first-order valence-electron chi connectivity index (χ1n) is 8.90. The molecule has 0 saturated carbocycles. The molecule has 2 aromatic rings. The lowest BCUT2D eigenvalue weighted by Gasteiger charge is -2.16. The fourth-order valence-electron chi connectivity index (χ4n) is 2.97. The van der Waals surface area contributed by atoms with Crippen molar-refractivity contribution in [3.63, 3.8) is 0 Å². The van der Waals surface area contributed by atoms with Crippen LogP contribution in [0, 0.1) is 0 Å². The van der Waals surface area contributed by atoms with Crippen LogP contribution in [-0.2, 0) is 14.8 Å². The second kappa shape index (κ2) is 8.55. The normalized spacial score (nSPS) is 15.9. The standard InChI is InChI=1S/C20H20BrNO5S/c1-14(19(23)15-4-8-17(21)9-5-15)27-20(24)16-6-10-18(11-7-16)28(25,26)22-12-2-3-13-22/h4-11,14H,2-3,12-13H2,1H3. The second-order valence-electron chi connectivity index (χ2n) is 6.55. The molecule has 1 fully saturated rings. The van der Waals surface area contributed by atoms with E-state index in [9.17, 15) is 18.0 Å². The van der Waals surface area contributed by atoms with E-state index < -0.39 is 22.1 Å². The summed E-state index contributed by atoms with van der Waals surface area (Å²) in [6.07, 6.45) is 0.753. The van der Waals surface area contributed by atoms with Crippen molar-refractivity contribution < 1.29 is 22.7 Å². The van der Waals surface area contributed by atoms with Crippen LogP contribution in [0.25, 0.3) is 0 Å². The maximum atomic E-state index is 12.5. The third-order valence-electron chi connectivity index (χ3n) is 4.57. The average Bonchev–Trinajstić information content (AvgIpc) is 3.24. The number of carbonyl (C=O) groups excluding carboxylic acids is 2. The highest BCUT2D eigenvalue weighted by atomic mass is 79.9. The number of nitrogens with zero attached hydrogens (tertiary/aromatic N) is 1. The number of halogens is 1. The molecule has 0 aliphatic carbocycles. The Bertz CT molecular complexity index is 965. The van der Waals surface area contributed by atoms with Gasteiger partial charge in [-0.05, 0) is 56.2 Å². The van der Waals surface area contributed by atoms with E-state index >= 15 is 0 Å². The molecule has 0 radical (unpaired) electrons. The number of ether oxygens (including phenoxy) is 1. The van der Waals surface area contributed by atoms with Gasteiger partial charge in [-0.1, -0.05) is 28.1 Å². The summed E-state index contributed by atoms with van der Waals surface area (Å²) in [6.45, 7) is 2.54. The second-order valence-corrected chi connectivity index (χ2v) is 9.41. The Balaban J connectivity index is 1.67. The first-order valence-corrected chi connectivity index (χ1v) is 11.1. The van der Waals surface area contributed by atoms with Gasteiger partial charge in [0.25, 0.3) is 0 Å². The van der Waals surface area contributed by atoms with Crippen molar-refractivity contribution in [1.82, 2.24) is 4.31 Å². The molecule has 148 valence electrons. The first-order chi connectivity index (χ1) is 13.3. The van der Waals surface area contributed by atoms with Gasteiger partial charge in [-0.15, -0.1) is 0 Å². The van der Waals surface area contributed by atoms with Gasteiger partial charge in [0, 0.05) is 23.1 Å². The summed E-state index contributed by atoms with van der Waals surface area (Å²) >= 11 is 3.30. The fourth-order valence-corrected chi connectivity index (χ4v) is 4.75. The van der Waals surface area contributed by atoms with E-state index in [0.29, 0.717) is 18.7 Å². The van der Waals surface area contributed by atoms with E-state index in [0.717, 1.165) is 17.3 Å². The van der Waals surface area contributed by atoms with E-state index in [1.165, 1.54) is 35.5 Å². The summed E-state index contributed by atoms with van der Waals surface area (Å²) in [5.41, 5.74) is 0.631. The molecular weight excluding hydrogens is 446 g/mol. The van der Waals surface area contributed by atoms with Gasteiger partial charge in [-0.25, -0.2) is 13.2 Å². The van der Waals surface area contributed by atoms with Gasteiger partial charge in [0.15, 0.2) is 6.10 Å². The van der Waals surface area contributed by atoms with Gasteiger partial charge >= 0.3 is 5.97 Å². The highest BCUT2D eigenvalue weighted by Crippen LogP contribution is 2.21. The molecule has 0 aromatic heterocycles. The van der Waals surface area contributed by atoms with Gasteiger partial charge < -0.3 is 4.74 Å². The lowest BCUT2D eigenvalue weighted by atomic mass is 10.1. The maximum Gasteiger partial charge on any atom is 0.338 e. The van der Waals surface area contributed by atoms with Crippen molar-refractivity contribution in [3.8, 4) is 0 Å². The Labute approximate surface area is 172 Å². The van der Waals surface area contributed by atoms with Crippen molar-refractivity contribution in [2.75, 3.05) is 13.1 Å². The van der Waals surface area contributed by atoms with Gasteiger partial charge in [-0.2, -0.15) is 4.31 Å². The van der Waals surface area contributed by atoms with Crippen LogP contribution in [0.15, 0.2) is 57.9 Å². The number of Topliss-reactive ketones (excluding diaryl/α,β-unsaturated/α-hetero) is 1. The molecule has 1 aliphatic heterocycles. The van der Waals surface area contributed by atoms with Crippen LogP contribution in [0.1, 0.15) is 40.5 Å². The van der Waals surface area contributed by atoms with Crippen molar-refractivity contribution in [2.45, 2.75) is 30.8 Å². The number of hydrogen-bond donors (Lipinski definition) is 0. The SMILES string of the molecule is CC(OC(=O)c1ccc(S(=O)(=O)N2CCCC2)cc1)C(=O)c1ccc(Br)cc1. The molecule has 1 unspecified atom stereocenters. The van der Waals surface area contributed by atoms with Crippen LogP contribution in [0.2, 0.25) is 0 Å². The van der Waals surface area contributed by atoms with Gasteiger partial charge in [-0.3, -0.25) is 4.79 Å². The molecule has 0 bridgehead atoms. The van der Waals surface area contributed by atoms with Crippen LogP contribution in [0.4, 0.5) is 0 Å². The third-order valence-corrected chi connectivity index (χ3v) is 7.02. The maximum absolute atomic E-state index is 12.5.